The van der Waals surface area contributed by atoms with Gasteiger partial charge >= 0.3 is 0 Å². The molecule has 0 bridgehead atoms. The van der Waals surface area contributed by atoms with E-state index in [0.29, 0.717) is 0 Å². The van der Waals surface area contributed by atoms with Crippen molar-refractivity contribution >= 4 is 0 Å². The molecule has 49 heavy (non-hydrogen) atoms. The fraction of sp³-hybridized carbons (Fsp3) is 0.143. The third-order valence-electron chi connectivity index (χ3n) is 7.35. The first-order chi connectivity index (χ1) is 22.6. The highest BCUT2D eigenvalue weighted by Gasteiger charge is 2.53. The van der Waals surface area contributed by atoms with E-state index in [1.807, 2.05) is 0 Å². The molecule has 0 aliphatic heterocycles. The van der Waals surface area contributed by atoms with Gasteiger partial charge in [0.2, 0.25) is 23.3 Å². The SMILES string of the molecule is NC(CCC(c1c(F)c(F)c(F)c(F)c1F)(c1c(F)c(F)c(F)c(F)c1F)c1c(F)c(F)c(F)c(F)c1F)c1c(F)c(F)c(F)c(F)c1F. The zero-order chi connectivity index (χ0) is 37.3. The number of halogens is 20. The van der Waals surface area contributed by atoms with E-state index in [9.17, 15) is 61.5 Å². The van der Waals surface area contributed by atoms with Crippen molar-refractivity contribution < 1.29 is 87.8 Å². The number of hydrogen-bond acceptors (Lipinski definition) is 1. The van der Waals surface area contributed by atoms with E-state index in [2.05, 4.69) is 0 Å². The Hall–Kier alpha value is -4.56. The maximum absolute atomic E-state index is 15.5. The molecule has 0 fully saturated rings. The number of hydrogen-bond donors (Lipinski definition) is 1. The minimum absolute atomic E-state index is 2.07. The lowest BCUT2D eigenvalue weighted by Crippen LogP contribution is -2.39. The minimum atomic E-state index is -5.10. The second-order valence-electron chi connectivity index (χ2n) is 9.87. The molecule has 2 N–H and O–H groups in total. The molecule has 4 aromatic carbocycles. The first kappa shape index (κ1) is 37.3. The zero-order valence-corrected chi connectivity index (χ0v) is 22.6. The molecule has 0 aliphatic rings. The molecule has 0 aliphatic carbocycles. The van der Waals surface area contributed by atoms with Gasteiger partial charge in [0.25, 0.3) is 0 Å². The maximum atomic E-state index is 15.5. The molecular formula is C28H7F20N. The Morgan fingerprint density at radius 1 is 0.306 bits per heavy atom. The van der Waals surface area contributed by atoms with Crippen LogP contribution in [0.25, 0.3) is 0 Å². The Labute approximate surface area is 257 Å². The number of nitrogens with two attached hydrogens (primary N) is 1. The summed E-state index contributed by atoms with van der Waals surface area (Å²) in [6.07, 6.45) is -4.63. The molecule has 1 nitrogen and oxygen atoms in total. The van der Waals surface area contributed by atoms with Crippen LogP contribution in [0, 0.1) is 116 Å². The number of benzene rings is 4. The van der Waals surface area contributed by atoms with Crippen molar-refractivity contribution in [3.05, 3.63) is 139 Å². The molecule has 4 aromatic rings. The molecule has 0 aromatic heterocycles. The first-order valence-electron chi connectivity index (χ1n) is 12.4. The summed E-state index contributed by atoms with van der Waals surface area (Å²) < 4.78 is 292. The molecule has 0 amide bonds. The van der Waals surface area contributed by atoms with Crippen molar-refractivity contribution in [1.82, 2.24) is 0 Å². The molecule has 1 unspecified atom stereocenters. The lowest BCUT2D eigenvalue weighted by molar-refractivity contribution is 0.303. The quantitative estimate of drug-likeness (QED) is 0.0871. The van der Waals surface area contributed by atoms with Gasteiger partial charge in [-0.1, -0.05) is 0 Å². The standard InChI is InChI=1S/C28H7F20N/c29-8-4(9(30)17(38)24(45)16(8)37)3(49)1-2-28(5-10(31)18(39)25(46)19(40)11(5)32,6-12(33)20(41)26(47)21(42)13(6)34)7-14(35)22(43)27(48)23(44)15(7)36/h3H,1-2,49H2. The fourth-order valence-electron chi connectivity index (χ4n) is 5.15. The van der Waals surface area contributed by atoms with E-state index in [-0.39, 0.29) is 0 Å². The Kier molecular flexibility index (Phi) is 9.67. The molecule has 4 rings (SSSR count). The van der Waals surface area contributed by atoms with Gasteiger partial charge in [0.1, 0.15) is 0 Å². The van der Waals surface area contributed by atoms with Crippen LogP contribution in [-0.2, 0) is 5.41 Å². The number of rotatable bonds is 7. The van der Waals surface area contributed by atoms with Crippen LogP contribution in [-0.4, -0.2) is 0 Å². The summed E-state index contributed by atoms with van der Waals surface area (Å²) in [6, 6.07) is -2.99. The molecule has 0 saturated carbocycles. The maximum Gasteiger partial charge on any atom is 0.200 e. The monoisotopic (exact) mass is 737 g/mol. The van der Waals surface area contributed by atoms with Crippen LogP contribution in [0.2, 0.25) is 0 Å². The lowest BCUT2D eigenvalue weighted by atomic mass is 9.64. The fourth-order valence-corrected chi connectivity index (χ4v) is 5.15. The van der Waals surface area contributed by atoms with Crippen LogP contribution in [0.5, 0.6) is 0 Å². The van der Waals surface area contributed by atoms with E-state index in [1.54, 1.807) is 0 Å². The summed E-state index contributed by atoms with van der Waals surface area (Å²) in [5, 5.41) is 0. The highest BCUT2D eigenvalue weighted by atomic mass is 19.2. The van der Waals surface area contributed by atoms with Crippen LogP contribution < -0.4 is 5.73 Å². The highest BCUT2D eigenvalue weighted by molar-refractivity contribution is 5.55. The molecule has 0 saturated heterocycles. The highest BCUT2D eigenvalue weighted by Crippen LogP contribution is 2.52. The molecular weight excluding hydrogens is 730 g/mol. The van der Waals surface area contributed by atoms with Gasteiger partial charge in [-0.25, -0.2) is 87.8 Å². The van der Waals surface area contributed by atoms with Gasteiger partial charge in [-0.3, -0.25) is 0 Å². The molecule has 0 heterocycles. The Bertz CT molecular complexity index is 1770. The third-order valence-corrected chi connectivity index (χ3v) is 7.35. The molecule has 0 radical (unpaired) electrons. The topological polar surface area (TPSA) is 26.0 Å². The van der Waals surface area contributed by atoms with Crippen LogP contribution in [0.1, 0.15) is 41.1 Å². The minimum Gasteiger partial charge on any atom is -0.324 e. The largest absolute Gasteiger partial charge is 0.324 e. The van der Waals surface area contributed by atoms with Gasteiger partial charge in [-0.05, 0) is 12.8 Å². The van der Waals surface area contributed by atoms with E-state index in [0.717, 1.165) is 0 Å². The van der Waals surface area contributed by atoms with E-state index >= 15 is 26.3 Å². The summed E-state index contributed by atoms with van der Waals surface area (Å²) in [7, 11) is 0. The predicted molar refractivity (Wildman–Crippen MR) is 121 cm³/mol. The van der Waals surface area contributed by atoms with Gasteiger partial charge in [-0.2, -0.15) is 0 Å². The van der Waals surface area contributed by atoms with Crippen molar-refractivity contribution in [2.75, 3.05) is 0 Å². The van der Waals surface area contributed by atoms with Crippen molar-refractivity contribution in [1.29, 1.82) is 0 Å². The summed E-state index contributed by atoms with van der Waals surface area (Å²) in [4.78, 5) is 0. The zero-order valence-electron chi connectivity index (χ0n) is 22.6. The van der Waals surface area contributed by atoms with E-state index in [1.165, 1.54) is 0 Å². The Balaban J connectivity index is 2.33. The smallest absolute Gasteiger partial charge is 0.200 e. The van der Waals surface area contributed by atoms with Gasteiger partial charge in [0.05, 0.1) is 5.41 Å². The van der Waals surface area contributed by atoms with E-state index < -0.39 is 163 Å². The Morgan fingerprint density at radius 3 is 0.714 bits per heavy atom. The van der Waals surface area contributed by atoms with E-state index in [4.69, 9.17) is 5.73 Å². The van der Waals surface area contributed by atoms with Gasteiger partial charge in [0.15, 0.2) is 93.1 Å². The summed E-state index contributed by atoms with van der Waals surface area (Å²) in [5.74, 6) is -63.8. The van der Waals surface area contributed by atoms with Crippen LogP contribution in [0.15, 0.2) is 0 Å². The molecule has 21 heteroatoms. The van der Waals surface area contributed by atoms with Crippen molar-refractivity contribution in [2.24, 2.45) is 5.73 Å². The average molecular weight is 737 g/mol. The lowest BCUT2D eigenvalue weighted by Gasteiger charge is -2.38. The Morgan fingerprint density at radius 2 is 0.490 bits per heavy atom. The summed E-state index contributed by atoms with van der Waals surface area (Å²) in [6.45, 7) is 0. The molecule has 1 atom stereocenters. The predicted octanol–water partition coefficient (Wildman–Crippen LogP) is 9.28. The molecule has 264 valence electrons. The van der Waals surface area contributed by atoms with Gasteiger partial charge in [-0.15, -0.1) is 0 Å². The average Bonchev–Trinajstić information content (AvgIpc) is 3.07. The first-order valence-corrected chi connectivity index (χ1v) is 12.4. The second kappa shape index (κ2) is 12.7. The van der Waals surface area contributed by atoms with Crippen molar-refractivity contribution in [3.8, 4) is 0 Å². The van der Waals surface area contributed by atoms with Gasteiger partial charge < -0.3 is 5.73 Å². The summed E-state index contributed by atoms with van der Waals surface area (Å²) in [5.41, 5.74) is -11.2. The molecule has 0 spiro atoms. The van der Waals surface area contributed by atoms with Crippen LogP contribution in [0.3, 0.4) is 0 Å². The van der Waals surface area contributed by atoms with Crippen molar-refractivity contribution in [2.45, 2.75) is 24.3 Å². The third kappa shape index (κ3) is 5.23. The van der Waals surface area contributed by atoms with Crippen molar-refractivity contribution in [3.63, 3.8) is 0 Å². The second-order valence-corrected chi connectivity index (χ2v) is 9.87. The van der Waals surface area contributed by atoms with Gasteiger partial charge in [0, 0.05) is 28.3 Å². The normalized spacial score (nSPS) is 12.7. The van der Waals surface area contributed by atoms with Crippen LogP contribution >= 0.6 is 0 Å². The summed E-state index contributed by atoms with van der Waals surface area (Å²) >= 11 is 0. The van der Waals surface area contributed by atoms with Crippen LogP contribution in [0.4, 0.5) is 87.8 Å².